The smallest absolute Gasteiger partial charge is 0.345 e. The molecular formula is C14H19NO3S. The Kier molecular flexibility index (Phi) is 3.94. The number of carbonyl (C=O) groups is 2. The van der Waals surface area contributed by atoms with Crippen molar-refractivity contribution < 1.29 is 14.7 Å². The van der Waals surface area contributed by atoms with Crippen molar-refractivity contribution in [3.8, 4) is 0 Å². The minimum atomic E-state index is -0.984. The number of thiophene rings is 1. The largest absolute Gasteiger partial charge is 0.477 e. The van der Waals surface area contributed by atoms with E-state index in [9.17, 15) is 9.59 Å². The first-order valence-corrected chi connectivity index (χ1v) is 7.37. The molecule has 0 radical (unpaired) electrons. The van der Waals surface area contributed by atoms with Crippen molar-refractivity contribution in [1.29, 1.82) is 0 Å². The maximum Gasteiger partial charge on any atom is 0.345 e. The lowest BCUT2D eigenvalue weighted by Gasteiger charge is -2.37. The zero-order valence-electron chi connectivity index (χ0n) is 11.2. The molecule has 0 bridgehead atoms. The van der Waals surface area contributed by atoms with Crippen molar-refractivity contribution in [2.45, 2.75) is 45.1 Å². The van der Waals surface area contributed by atoms with E-state index in [0.717, 1.165) is 42.9 Å². The van der Waals surface area contributed by atoms with E-state index in [4.69, 9.17) is 5.11 Å². The fourth-order valence-electron chi connectivity index (χ4n) is 2.43. The topological polar surface area (TPSA) is 66.4 Å². The minimum absolute atomic E-state index is 0.156. The predicted molar refractivity (Wildman–Crippen MR) is 74.8 cm³/mol. The van der Waals surface area contributed by atoms with Crippen molar-refractivity contribution >= 4 is 23.2 Å². The monoisotopic (exact) mass is 281 g/mol. The summed E-state index contributed by atoms with van der Waals surface area (Å²) in [6.45, 7) is 4.31. The van der Waals surface area contributed by atoms with Gasteiger partial charge in [-0.1, -0.05) is 6.92 Å². The Morgan fingerprint density at radius 3 is 2.42 bits per heavy atom. The number of rotatable bonds is 3. The van der Waals surface area contributed by atoms with E-state index in [-0.39, 0.29) is 16.3 Å². The van der Waals surface area contributed by atoms with Gasteiger partial charge in [-0.3, -0.25) is 4.79 Å². The van der Waals surface area contributed by atoms with Crippen LogP contribution in [0.5, 0.6) is 0 Å². The molecule has 4 nitrogen and oxygen atoms in total. The summed E-state index contributed by atoms with van der Waals surface area (Å²) in [7, 11) is 0. The second kappa shape index (κ2) is 5.33. The van der Waals surface area contributed by atoms with Crippen LogP contribution in [0.2, 0.25) is 0 Å². The zero-order chi connectivity index (χ0) is 14.0. The molecule has 1 aliphatic rings. The number of hydrogen-bond acceptors (Lipinski definition) is 3. The quantitative estimate of drug-likeness (QED) is 0.894. The Morgan fingerprint density at radius 2 is 1.89 bits per heavy atom. The van der Waals surface area contributed by atoms with Crippen LogP contribution in [-0.2, 0) is 0 Å². The molecule has 0 spiro atoms. The maximum atomic E-state index is 12.1. The van der Waals surface area contributed by atoms with Gasteiger partial charge in [0.25, 0.3) is 5.91 Å². The van der Waals surface area contributed by atoms with Crippen LogP contribution in [0.25, 0.3) is 0 Å². The average molecular weight is 281 g/mol. The van der Waals surface area contributed by atoms with Crippen molar-refractivity contribution in [1.82, 2.24) is 5.32 Å². The normalized spacial score (nSPS) is 26.9. The molecule has 19 heavy (non-hydrogen) atoms. The van der Waals surface area contributed by atoms with Crippen LogP contribution in [0.15, 0.2) is 12.1 Å². The minimum Gasteiger partial charge on any atom is -0.477 e. The van der Waals surface area contributed by atoms with Gasteiger partial charge in [0.15, 0.2) is 0 Å². The lowest BCUT2D eigenvalue weighted by Crippen LogP contribution is -2.47. The molecule has 1 aromatic rings. The Balaban J connectivity index is 2.02. The summed E-state index contributed by atoms with van der Waals surface area (Å²) in [5.74, 6) is -0.415. The second-order valence-corrected chi connectivity index (χ2v) is 6.75. The van der Waals surface area contributed by atoms with E-state index in [0.29, 0.717) is 4.88 Å². The number of nitrogens with one attached hydrogen (secondary N) is 1. The SMILES string of the molecule is CC1CCC(C)(NC(=O)c2ccc(C(=O)O)s2)CC1. The molecule has 5 heteroatoms. The number of carbonyl (C=O) groups excluding carboxylic acids is 1. The summed E-state index contributed by atoms with van der Waals surface area (Å²) in [5, 5.41) is 11.9. The zero-order valence-corrected chi connectivity index (χ0v) is 12.0. The van der Waals surface area contributed by atoms with Gasteiger partial charge < -0.3 is 10.4 Å². The van der Waals surface area contributed by atoms with Crippen LogP contribution in [0, 0.1) is 5.92 Å². The highest BCUT2D eigenvalue weighted by molar-refractivity contribution is 7.15. The highest BCUT2D eigenvalue weighted by atomic mass is 32.1. The Labute approximate surface area is 116 Å². The van der Waals surface area contributed by atoms with Crippen LogP contribution < -0.4 is 5.32 Å². The molecule has 2 N–H and O–H groups in total. The van der Waals surface area contributed by atoms with Crippen molar-refractivity contribution in [3.63, 3.8) is 0 Å². The molecule has 0 unspecified atom stereocenters. The molecule has 0 saturated heterocycles. The first-order chi connectivity index (χ1) is 8.89. The number of carboxylic acids is 1. The van der Waals surface area contributed by atoms with Gasteiger partial charge in [0, 0.05) is 5.54 Å². The molecule has 0 aliphatic heterocycles. The first-order valence-electron chi connectivity index (χ1n) is 6.55. The van der Waals surface area contributed by atoms with Crippen LogP contribution in [0.1, 0.15) is 58.9 Å². The predicted octanol–water partition coefficient (Wildman–Crippen LogP) is 3.14. The third kappa shape index (κ3) is 3.35. The Hall–Kier alpha value is -1.36. The lowest BCUT2D eigenvalue weighted by molar-refractivity contribution is 0.0702. The highest BCUT2D eigenvalue weighted by Gasteiger charge is 2.31. The average Bonchev–Trinajstić information content (AvgIpc) is 2.83. The van der Waals surface area contributed by atoms with E-state index >= 15 is 0 Å². The van der Waals surface area contributed by atoms with E-state index in [1.54, 1.807) is 6.07 Å². The molecule has 0 aromatic carbocycles. The first kappa shape index (κ1) is 14.1. The van der Waals surface area contributed by atoms with Gasteiger partial charge in [-0.25, -0.2) is 4.79 Å². The third-order valence-electron chi connectivity index (χ3n) is 3.83. The second-order valence-electron chi connectivity index (χ2n) is 5.67. The number of amides is 1. The van der Waals surface area contributed by atoms with Crippen molar-refractivity contribution in [2.75, 3.05) is 0 Å². The maximum absolute atomic E-state index is 12.1. The summed E-state index contributed by atoms with van der Waals surface area (Å²) >= 11 is 1.03. The summed E-state index contributed by atoms with van der Waals surface area (Å²) in [6, 6.07) is 3.06. The standard InChI is InChI=1S/C14H19NO3S/c1-9-5-7-14(2,8-6-9)15-12(16)10-3-4-11(19-10)13(17)18/h3-4,9H,5-8H2,1-2H3,(H,15,16)(H,17,18). The summed E-state index contributed by atoms with van der Waals surface area (Å²) < 4.78 is 0. The van der Waals surface area contributed by atoms with Crippen LogP contribution in [0.4, 0.5) is 0 Å². The van der Waals surface area contributed by atoms with Gasteiger partial charge >= 0.3 is 5.97 Å². The molecule has 1 aromatic heterocycles. The van der Waals surface area contributed by atoms with Gasteiger partial charge in [0.2, 0.25) is 0 Å². The van der Waals surface area contributed by atoms with Crippen LogP contribution in [-0.4, -0.2) is 22.5 Å². The Bertz CT molecular complexity index is 487. The number of hydrogen-bond donors (Lipinski definition) is 2. The van der Waals surface area contributed by atoms with Gasteiger partial charge in [0.05, 0.1) is 4.88 Å². The van der Waals surface area contributed by atoms with Crippen molar-refractivity contribution in [2.24, 2.45) is 5.92 Å². The molecule has 1 heterocycles. The van der Waals surface area contributed by atoms with Crippen molar-refractivity contribution in [3.05, 3.63) is 21.9 Å². The molecule has 1 aliphatic carbocycles. The molecule has 2 rings (SSSR count). The third-order valence-corrected chi connectivity index (χ3v) is 4.91. The van der Waals surface area contributed by atoms with Gasteiger partial charge in [-0.2, -0.15) is 0 Å². The number of aromatic carboxylic acids is 1. The molecule has 1 saturated carbocycles. The summed E-state index contributed by atoms with van der Waals surface area (Å²) in [6.07, 6.45) is 4.22. The van der Waals surface area contributed by atoms with Crippen LogP contribution in [0.3, 0.4) is 0 Å². The van der Waals surface area contributed by atoms with E-state index in [1.807, 2.05) is 0 Å². The number of carboxylic acid groups (broad SMARTS) is 1. The summed E-state index contributed by atoms with van der Waals surface area (Å²) in [5.41, 5.74) is -0.156. The van der Waals surface area contributed by atoms with Gasteiger partial charge in [-0.05, 0) is 50.7 Å². The fraction of sp³-hybridized carbons (Fsp3) is 0.571. The molecule has 104 valence electrons. The van der Waals surface area contributed by atoms with E-state index in [2.05, 4.69) is 19.2 Å². The molecule has 0 atom stereocenters. The van der Waals surface area contributed by atoms with E-state index in [1.165, 1.54) is 6.07 Å². The molecular weight excluding hydrogens is 262 g/mol. The van der Waals surface area contributed by atoms with Crippen LogP contribution >= 0.6 is 11.3 Å². The van der Waals surface area contributed by atoms with E-state index < -0.39 is 5.97 Å². The highest BCUT2D eigenvalue weighted by Crippen LogP contribution is 2.32. The lowest BCUT2D eigenvalue weighted by atomic mass is 9.78. The summed E-state index contributed by atoms with van der Waals surface area (Å²) in [4.78, 5) is 23.6. The van der Waals surface area contributed by atoms with Gasteiger partial charge in [-0.15, -0.1) is 11.3 Å². The molecule has 1 fully saturated rings. The fourth-order valence-corrected chi connectivity index (χ4v) is 3.17. The van der Waals surface area contributed by atoms with Gasteiger partial charge in [0.1, 0.15) is 4.88 Å². The Morgan fingerprint density at radius 1 is 1.32 bits per heavy atom. The molecule has 1 amide bonds.